The summed E-state index contributed by atoms with van der Waals surface area (Å²) < 4.78 is 0. The largest absolute Gasteiger partial charge is 0.293 e. The Balaban J connectivity index is 1.82. The molecule has 1 saturated heterocycles. The van der Waals surface area contributed by atoms with Crippen molar-refractivity contribution in [2.45, 2.75) is 13.0 Å². The van der Waals surface area contributed by atoms with E-state index in [1.165, 1.54) is 11.9 Å². The lowest BCUT2D eigenvalue weighted by atomic mass is 9.95. The molecule has 8 heteroatoms. The molecule has 0 bridgehead atoms. The quantitative estimate of drug-likeness (QED) is 0.739. The minimum absolute atomic E-state index is 0.0582. The summed E-state index contributed by atoms with van der Waals surface area (Å²) in [5, 5.41) is 6.49. The monoisotopic (exact) mass is 401 g/mol. The number of carbonyl (C=O) groups is 3. The number of nitrogens with zero attached hydrogens (tertiary/aromatic N) is 3. The first-order valence-electron chi connectivity index (χ1n) is 8.16. The van der Waals surface area contributed by atoms with Crippen molar-refractivity contribution in [2.24, 2.45) is 11.0 Å². The van der Waals surface area contributed by atoms with Gasteiger partial charge in [-0.15, -0.1) is 0 Å². The molecule has 0 unspecified atom stereocenters. The average molecular weight is 402 g/mol. The summed E-state index contributed by atoms with van der Waals surface area (Å²) in [6, 6.07) is 12.3. The third-order valence-corrected chi connectivity index (χ3v) is 5.17. The molecule has 2 amide bonds. The number of halogens is 2. The van der Waals surface area contributed by atoms with Crippen molar-refractivity contribution < 1.29 is 14.4 Å². The summed E-state index contributed by atoms with van der Waals surface area (Å²) in [4.78, 5) is 39.4. The lowest BCUT2D eigenvalue weighted by Gasteiger charge is -2.22. The van der Waals surface area contributed by atoms with Crippen LogP contribution in [0, 0.1) is 5.92 Å². The predicted molar refractivity (Wildman–Crippen MR) is 103 cm³/mol. The number of carbonyl (C=O) groups excluding carboxylic acids is 3. The van der Waals surface area contributed by atoms with Gasteiger partial charge in [0.05, 0.1) is 16.4 Å². The van der Waals surface area contributed by atoms with E-state index < -0.39 is 23.8 Å². The first-order valence-corrected chi connectivity index (χ1v) is 8.92. The van der Waals surface area contributed by atoms with E-state index in [0.717, 1.165) is 4.90 Å². The molecule has 0 spiro atoms. The van der Waals surface area contributed by atoms with Crippen LogP contribution in [0.25, 0.3) is 0 Å². The number of amides is 2. The molecule has 2 heterocycles. The van der Waals surface area contributed by atoms with E-state index >= 15 is 0 Å². The highest BCUT2D eigenvalue weighted by Gasteiger charge is 2.58. The van der Waals surface area contributed by atoms with Gasteiger partial charge in [0.1, 0.15) is 17.7 Å². The number of Topliss-reactive ketones (excluding diaryl/α,β-unsaturated/α-hetero) is 1. The number of imide groups is 1. The van der Waals surface area contributed by atoms with Gasteiger partial charge < -0.3 is 0 Å². The van der Waals surface area contributed by atoms with Crippen molar-refractivity contribution in [1.82, 2.24) is 0 Å². The van der Waals surface area contributed by atoms with Gasteiger partial charge in [0.15, 0.2) is 5.78 Å². The maximum atomic E-state index is 13.2. The summed E-state index contributed by atoms with van der Waals surface area (Å²) in [6.07, 6.45) is 0. The standard InChI is InChI=1S/C19H13Cl2N3O3/c1-10(25)16-15-17(24(22-16)12-8-6-11(20)7-9-12)19(27)23(18(15)26)14-5-3-2-4-13(14)21/h2-9,15,17H,1H3/t15-,17-/m0/s1. The van der Waals surface area contributed by atoms with Gasteiger partial charge in [0, 0.05) is 11.9 Å². The van der Waals surface area contributed by atoms with Gasteiger partial charge in [0.25, 0.3) is 5.91 Å². The Kier molecular flexibility index (Phi) is 4.25. The number of fused-ring (bicyclic) bond motifs is 1. The smallest absolute Gasteiger partial charge is 0.259 e. The van der Waals surface area contributed by atoms with Gasteiger partial charge in [0.2, 0.25) is 5.91 Å². The third-order valence-electron chi connectivity index (χ3n) is 4.59. The second-order valence-corrected chi connectivity index (χ2v) is 7.09. The van der Waals surface area contributed by atoms with Crippen LogP contribution in [0.1, 0.15) is 6.92 Å². The van der Waals surface area contributed by atoms with Gasteiger partial charge in [-0.2, -0.15) is 5.10 Å². The average Bonchev–Trinajstić information content (AvgIpc) is 3.15. The Morgan fingerprint density at radius 1 is 1.00 bits per heavy atom. The van der Waals surface area contributed by atoms with E-state index in [4.69, 9.17) is 23.2 Å². The van der Waals surface area contributed by atoms with Crippen LogP contribution < -0.4 is 9.91 Å². The minimum atomic E-state index is -0.970. The van der Waals surface area contributed by atoms with Crippen molar-refractivity contribution in [3.8, 4) is 0 Å². The molecule has 0 N–H and O–H groups in total. The fourth-order valence-corrected chi connectivity index (χ4v) is 3.73. The second-order valence-electron chi connectivity index (χ2n) is 6.25. The molecule has 1 fully saturated rings. The fourth-order valence-electron chi connectivity index (χ4n) is 3.38. The molecule has 2 aromatic rings. The number of hydrogen-bond acceptors (Lipinski definition) is 5. The van der Waals surface area contributed by atoms with E-state index in [1.807, 2.05) is 0 Å². The van der Waals surface area contributed by atoms with Crippen LogP contribution in [0.3, 0.4) is 0 Å². The van der Waals surface area contributed by atoms with Crippen molar-refractivity contribution >= 4 is 57.9 Å². The number of hydrazone groups is 1. The SMILES string of the molecule is CC(=O)C1=NN(c2ccc(Cl)cc2)[C@@H]2C(=O)N(c3ccccc3Cl)C(=O)[C@@H]12. The summed E-state index contributed by atoms with van der Waals surface area (Å²) in [7, 11) is 0. The summed E-state index contributed by atoms with van der Waals surface area (Å²) in [5.41, 5.74) is 0.915. The molecule has 2 atom stereocenters. The topological polar surface area (TPSA) is 70.1 Å². The van der Waals surface area contributed by atoms with Crippen LogP contribution >= 0.6 is 23.2 Å². The van der Waals surface area contributed by atoms with Crippen LogP contribution in [0.15, 0.2) is 53.6 Å². The third kappa shape index (κ3) is 2.72. The van der Waals surface area contributed by atoms with Crippen LogP contribution in [0.5, 0.6) is 0 Å². The van der Waals surface area contributed by atoms with Crippen molar-refractivity contribution in [3.05, 3.63) is 58.6 Å². The number of para-hydroxylation sites is 1. The summed E-state index contributed by atoms with van der Waals surface area (Å²) in [6.45, 7) is 1.33. The highest BCUT2D eigenvalue weighted by Crippen LogP contribution is 2.39. The van der Waals surface area contributed by atoms with E-state index in [1.54, 1.807) is 48.5 Å². The van der Waals surface area contributed by atoms with E-state index in [2.05, 4.69) is 5.10 Å². The van der Waals surface area contributed by atoms with Crippen molar-refractivity contribution in [2.75, 3.05) is 9.91 Å². The van der Waals surface area contributed by atoms with Crippen molar-refractivity contribution in [3.63, 3.8) is 0 Å². The maximum absolute atomic E-state index is 13.2. The zero-order valence-corrected chi connectivity index (χ0v) is 15.6. The van der Waals surface area contributed by atoms with Crippen molar-refractivity contribution in [1.29, 1.82) is 0 Å². The van der Waals surface area contributed by atoms with E-state index in [-0.39, 0.29) is 16.5 Å². The molecule has 27 heavy (non-hydrogen) atoms. The fraction of sp³-hybridized carbons (Fsp3) is 0.158. The molecule has 2 aliphatic rings. The molecule has 136 valence electrons. The number of ketones is 1. The zero-order valence-electron chi connectivity index (χ0n) is 14.1. The molecule has 2 aromatic carbocycles. The van der Waals surface area contributed by atoms with Gasteiger partial charge in [-0.3, -0.25) is 19.4 Å². The van der Waals surface area contributed by atoms with Crippen LogP contribution in [-0.2, 0) is 14.4 Å². The molecule has 0 saturated carbocycles. The van der Waals surface area contributed by atoms with Gasteiger partial charge in [-0.05, 0) is 36.4 Å². The Labute approximate surface area is 165 Å². The van der Waals surface area contributed by atoms with Gasteiger partial charge in [-0.1, -0.05) is 35.3 Å². The first kappa shape index (κ1) is 17.7. The lowest BCUT2D eigenvalue weighted by Crippen LogP contribution is -2.39. The first-order chi connectivity index (χ1) is 12.9. The highest BCUT2D eigenvalue weighted by molar-refractivity contribution is 6.49. The number of anilines is 2. The number of rotatable bonds is 3. The molecular weight excluding hydrogens is 389 g/mol. The second kappa shape index (κ2) is 6.48. The van der Waals surface area contributed by atoms with E-state index in [0.29, 0.717) is 16.4 Å². The van der Waals surface area contributed by atoms with Crippen LogP contribution in [-0.4, -0.2) is 29.4 Å². The molecule has 0 radical (unpaired) electrons. The number of hydrogen-bond donors (Lipinski definition) is 0. The molecule has 6 nitrogen and oxygen atoms in total. The maximum Gasteiger partial charge on any atom is 0.259 e. The number of benzene rings is 2. The highest BCUT2D eigenvalue weighted by atomic mass is 35.5. The summed E-state index contributed by atoms with van der Waals surface area (Å²) in [5.74, 6) is -2.32. The summed E-state index contributed by atoms with van der Waals surface area (Å²) >= 11 is 12.1. The molecule has 4 rings (SSSR count). The van der Waals surface area contributed by atoms with Crippen LogP contribution in [0.4, 0.5) is 11.4 Å². The Morgan fingerprint density at radius 2 is 1.67 bits per heavy atom. The van der Waals surface area contributed by atoms with Crippen LogP contribution in [0.2, 0.25) is 10.0 Å². The molecule has 0 aromatic heterocycles. The van der Waals surface area contributed by atoms with Gasteiger partial charge >= 0.3 is 0 Å². The molecule has 0 aliphatic carbocycles. The predicted octanol–water partition coefficient (Wildman–Crippen LogP) is 3.32. The lowest BCUT2D eigenvalue weighted by molar-refractivity contribution is -0.122. The zero-order chi connectivity index (χ0) is 19.3. The van der Waals surface area contributed by atoms with E-state index in [9.17, 15) is 14.4 Å². The minimum Gasteiger partial charge on any atom is -0.293 e. The Bertz CT molecular complexity index is 1000. The molecule has 2 aliphatic heterocycles. The Morgan fingerprint density at radius 3 is 2.30 bits per heavy atom. The molecular formula is C19H13Cl2N3O3. The normalized spacial score (nSPS) is 21.5. The van der Waals surface area contributed by atoms with Gasteiger partial charge in [-0.25, -0.2) is 4.90 Å². The Hall–Kier alpha value is -2.70.